The van der Waals surface area contributed by atoms with Gasteiger partial charge in [-0.3, -0.25) is 4.79 Å². The highest BCUT2D eigenvalue weighted by Gasteiger charge is 2.28. The quantitative estimate of drug-likeness (QED) is 0.579. The summed E-state index contributed by atoms with van der Waals surface area (Å²) in [5, 5.41) is 2.71. The third-order valence-electron chi connectivity index (χ3n) is 6.67. The molecule has 9 nitrogen and oxygen atoms in total. The van der Waals surface area contributed by atoms with Crippen LogP contribution < -0.4 is 10.1 Å². The van der Waals surface area contributed by atoms with Crippen molar-refractivity contribution >= 4 is 31.6 Å². The number of methoxy groups -OCH3 is 1. The maximum atomic E-state index is 13.2. The molecule has 4 rings (SSSR count). The van der Waals surface area contributed by atoms with E-state index in [1.807, 2.05) is 0 Å². The molecule has 2 saturated heterocycles. The van der Waals surface area contributed by atoms with Gasteiger partial charge in [0, 0.05) is 31.7 Å². The zero-order valence-corrected chi connectivity index (χ0v) is 22.1. The number of amides is 1. The van der Waals surface area contributed by atoms with Gasteiger partial charge in [0.05, 0.1) is 22.6 Å². The molecule has 0 aromatic heterocycles. The Labute approximate surface area is 213 Å². The number of nitrogens with zero attached hydrogens (tertiary/aromatic N) is 2. The van der Waals surface area contributed by atoms with Crippen LogP contribution in [0.4, 0.5) is 5.69 Å². The number of benzene rings is 2. The van der Waals surface area contributed by atoms with Crippen LogP contribution in [0.3, 0.4) is 0 Å². The molecule has 2 fully saturated rings. The minimum atomic E-state index is -3.72. The third-order valence-corrected chi connectivity index (χ3v) is 10.5. The molecule has 196 valence electrons. The SMILES string of the molecule is COc1ccc(S(=O)(=O)N2CCCCC2)cc1NC(=O)c1cccc(S(=O)(=O)N2CCCCCC2)c1. The summed E-state index contributed by atoms with van der Waals surface area (Å²) in [7, 11) is -6.00. The van der Waals surface area contributed by atoms with E-state index in [1.165, 1.54) is 58.2 Å². The number of anilines is 1. The molecule has 0 aliphatic carbocycles. The number of piperidine rings is 1. The van der Waals surface area contributed by atoms with Crippen molar-refractivity contribution in [3.8, 4) is 5.75 Å². The van der Waals surface area contributed by atoms with E-state index in [0.717, 1.165) is 44.9 Å². The standard InChI is InChI=1S/C25H33N3O6S2/c1-34-24-13-12-22(36(32,33)28-16-7-4-8-17-28)19-23(24)26-25(29)20-10-9-11-21(18-20)35(30,31)27-14-5-2-3-6-15-27/h9-13,18-19H,2-8,14-17H2,1H3,(H,26,29). The number of hydrogen-bond acceptors (Lipinski definition) is 6. The minimum absolute atomic E-state index is 0.0606. The second-order valence-electron chi connectivity index (χ2n) is 9.13. The van der Waals surface area contributed by atoms with Gasteiger partial charge in [0.1, 0.15) is 5.75 Å². The fourth-order valence-electron chi connectivity index (χ4n) is 4.62. The molecule has 0 unspecified atom stereocenters. The molecule has 11 heteroatoms. The van der Waals surface area contributed by atoms with Gasteiger partial charge in [-0.05, 0) is 62.1 Å². The zero-order chi connectivity index (χ0) is 25.8. The van der Waals surface area contributed by atoms with Crippen molar-refractivity contribution in [2.75, 3.05) is 38.6 Å². The zero-order valence-electron chi connectivity index (χ0n) is 20.5. The maximum Gasteiger partial charge on any atom is 0.255 e. The van der Waals surface area contributed by atoms with Crippen molar-refractivity contribution in [1.82, 2.24) is 8.61 Å². The van der Waals surface area contributed by atoms with E-state index >= 15 is 0 Å². The fraction of sp³-hybridized carbons (Fsp3) is 0.480. The molecule has 2 heterocycles. The van der Waals surface area contributed by atoms with Crippen molar-refractivity contribution in [2.24, 2.45) is 0 Å². The number of carbonyl (C=O) groups excluding carboxylic acids is 1. The van der Waals surface area contributed by atoms with E-state index in [1.54, 1.807) is 0 Å². The summed E-state index contributed by atoms with van der Waals surface area (Å²) in [6, 6.07) is 10.3. The normalized spacial score (nSPS) is 18.4. The van der Waals surface area contributed by atoms with Crippen LogP contribution in [0.5, 0.6) is 5.75 Å². The van der Waals surface area contributed by atoms with Gasteiger partial charge >= 0.3 is 0 Å². The number of ether oxygens (including phenoxy) is 1. The Morgan fingerprint density at radius 1 is 0.750 bits per heavy atom. The number of sulfonamides is 2. The first-order chi connectivity index (χ1) is 17.2. The van der Waals surface area contributed by atoms with Crippen molar-refractivity contribution in [3.05, 3.63) is 48.0 Å². The van der Waals surface area contributed by atoms with E-state index in [9.17, 15) is 21.6 Å². The van der Waals surface area contributed by atoms with Crippen molar-refractivity contribution in [1.29, 1.82) is 0 Å². The van der Waals surface area contributed by atoms with Crippen LogP contribution in [0.15, 0.2) is 52.3 Å². The average Bonchev–Trinajstić information content (AvgIpc) is 3.19. The Morgan fingerprint density at radius 3 is 1.83 bits per heavy atom. The Bertz CT molecular complexity index is 1300. The van der Waals surface area contributed by atoms with Crippen LogP contribution in [0.2, 0.25) is 0 Å². The molecule has 0 saturated carbocycles. The highest BCUT2D eigenvalue weighted by atomic mass is 32.2. The molecule has 0 atom stereocenters. The van der Waals surface area contributed by atoms with Gasteiger partial charge in [0.15, 0.2) is 0 Å². The number of nitrogens with one attached hydrogen (secondary N) is 1. The third kappa shape index (κ3) is 5.74. The van der Waals surface area contributed by atoms with Gasteiger partial charge in [0.2, 0.25) is 20.0 Å². The predicted molar refractivity (Wildman–Crippen MR) is 137 cm³/mol. The van der Waals surface area contributed by atoms with Crippen LogP contribution in [-0.4, -0.2) is 64.6 Å². The summed E-state index contributed by atoms with van der Waals surface area (Å²) >= 11 is 0. The lowest BCUT2D eigenvalue weighted by molar-refractivity contribution is 0.102. The molecule has 1 amide bonds. The Kier molecular flexibility index (Phi) is 8.34. The molecule has 0 bridgehead atoms. The van der Waals surface area contributed by atoms with Crippen molar-refractivity contribution in [3.63, 3.8) is 0 Å². The molecule has 0 spiro atoms. The second kappa shape index (κ2) is 11.3. The van der Waals surface area contributed by atoms with Crippen LogP contribution >= 0.6 is 0 Å². The van der Waals surface area contributed by atoms with Gasteiger partial charge in [-0.2, -0.15) is 8.61 Å². The molecular weight excluding hydrogens is 502 g/mol. The van der Waals surface area contributed by atoms with Crippen LogP contribution in [-0.2, 0) is 20.0 Å². The lowest BCUT2D eigenvalue weighted by atomic mass is 10.2. The summed E-state index contributed by atoms with van der Waals surface area (Å²) in [6.45, 7) is 1.87. The second-order valence-corrected chi connectivity index (χ2v) is 13.0. The summed E-state index contributed by atoms with van der Waals surface area (Å²) < 4.78 is 60.9. The van der Waals surface area contributed by atoms with Crippen molar-refractivity contribution < 1.29 is 26.4 Å². The predicted octanol–water partition coefficient (Wildman–Crippen LogP) is 3.69. The molecule has 2 aromatic rings. The average molecular weight is 536 g/mol. The Morgan fingerprint density at radius 2 is 1.28 bits per heavy atom. The van der Waals surface area contributed by atoms with Crippen LogP contribution in [0.25, 0.3) is 0 Å². The van der Waals surface area contributed by atoms with E-state index in [-0.39, 0.29) is 21.0 Å². The topological polar surface area (TPSA) is 113 Å². The first-order valence-electron chi connectivity index (χ1n) is 12.3. The summed E-state index contributed by atoms with van der Waals surface area (Å²) in [4.78, 5) is 13.2. The maximum absolute atomic E-state index is 13.2. The summed E-state index contributed by atoms with van der Waals surface area (Å²) in [6.07, 6.45) is 6.27. The van der Waals surface area contributed by atoms with Gasteiger partial charge in [0.25, 0.3) is 5.91 Å². The first-order valence-corrected chi connectivity index (χ1v) is 15.2. The largest absolute Gasteiger partial charge is 0.495 e. The molecule has 2 aliphatic rings. The minimum Gasteiger partial charge on any atom is -0.495 e. The Balaban J connectivity index is 1.58. The van der Waals surface area contributed by atoms with Gasteiger partial charge in [-0.15, -0.1) is 0 Å². The molecule has 36 heavy (non-hydrogen) atoms. The smallest absolute Gasteiger partial charge is 0.255 e. The summed E-state index contributed by atoms with van der Waals surface area (Å²) in [5.41, 5.74) is 0.346. The molecule has 1 N–H and O–H groups in total. The van der Waals surface area contributed by atoms with Gasteiger partial charge in [-0.25, -0.2) is 16.8 Å². The highest BCUT2D eigenvalue weighted by molar-refractivity contribution is 7.89. The van der Waals surface area contributed by atoms with E-state index in [2.05, 4.69) is 5.32 Å². The molecular formula is C25H33N3O6S2. The highest BCUT2D eigenvalue weighted by Crippen LogP contribution is 2.30. The summed E-state index contributed by atoms with van der Waals surface area (Å²) in [5.74, 6) is -0.261. The number of carbonyl (C=O) groups is 1. The lowest BCUT2D eigenvalue weighted by Gasteiger charge is -2.26. The van der Waals surface area contributed by atoms with Crippen LogP contribution in [0.1, 0.15) is 55.3 Å². The van der Waals surface area contributed by atoms with E-state index < -0.39 is 26.0 Å². The van der Waals surface area contributed by atoms with Crippen molar-refractivity contribution in [2.45, 2.75) is 54.7 Å². The molecule has 2 aliphatic heterocycles. The van der Waals surface area contributed by atoms with Crippen LogP contribution in [0, 0.1) is 0 Å². The molecule has 2 aromatic carbocycles. The van der Waals surface area contributed by atoms with Gasteiger partial charge in [-0.1, -0.05) is 25.3 Å². The lowest BCUT2D eigenvalue weighted by Crippen LogP contribution is -2.35. The van der Waals surface area contributed by atoms with E-state index in [0.29, 0.717) is 31.9 Å². The first kappa shape index (κ1) is 26.6. The Hall–Kier alpha value is -2.47. The van der Waals surface area contributed by atoms with Gasteiger partial charge < -0.3 is 10.1 Å². The molecule has 0 radical (unpaired) electrons. The number of rotatable bonds is 7. The number of hydrogen-bond donors (Lipinski definition) is 1. The van der Waals surface area contributed by atoms with E-state index in [4.69, 9.17) is 4.74 Å². The monoisotopic (exact) mass is 535 g/mol. The fourth-order valence-corrected chi connectivity index (χ4v) is 7.73.